The van der Waals surface area contributed by atoms with Gasteiger partial charge in [0, 0.05) is 28.6 Å². The van der Waals surface area contributed by atoms with Crippen LogP contribution in [0.5, 0.6) is 28.7 Å². The third kappa shape index (κ3) is 2.51. The summed E-state index contributed by atoms with van der Waals surface area (Å²) < 4.78 is 27.8. The predicted molar refractivity (Wildman–Crippen MR) is 103 cm³/mol. The van der Waals surface area contributed by atoms with Crippen molar-refractivity contribution in [3.63, 3.8) is 0 Å². The van der Waals surface area contributed by atoms with Gasteiger partial charge in [0.05, 0.1) is 25.4 Å². The van der Waals surface area contributed by atoms with Crippen LogP contribution in [0.4, 0.5) is 0 Å². The van der Waals surface area contributed by atoms with Gasteiger partial charge in [-0.25, -0.2) is 4.98 Å². The number of fused-ring (bicyclic) bond motifs is 5. The van der Waals surface area contributed by atoms with E-state index in [1.807, 2.05) is 24.3 Å². The molecule has 0 amide bonds. The number of methoxy groups -OCH3 is 2. The van der Waals surface area contributed by atoms with Gasteiger partial charge in [0.25, 0.3) is 0 Å². The summed E-state index contributed by atoms with van der Waals surface area (Å²) in [6, 6.07) is 7.68. The van der Waals surface area contributed by atoms with Gasteiger partial charge in [-0.1, -0.05) is 0 Å². The van der Waals surface area contributed by atoms with Crippen LogP contribution in [0, 0.1) is 6.92 Å². The minimum Gasteiger partial charge on any atom is -0.493 e. The molecule has 0 unspecified atom stereocenters. The fraction of sp³-hybridized carbons (Fsp3) is 0.250. The lowest BCUT2D eigenvalue weighted by Gasteiger charge is -2.23. The average molecular weight is 388 g/mol. The molecule has 0 N–H and O–H groups in total. The summed E-state index contributed by atoms with van der Waals surface area (Å²) in [5.74, 6) is 3.52. The number of hydrogen-bond donors (Lipinski definition) is 0. The highest BCUT2D eigenvalue weighted by atomic mass is 35.5. The Morgan fingerprint density at radius 2 is 1.59 bits per heavy atom. The molecule has 27 heavy (non-hydrogen) atoms. The number of halogens is 1. The second-order valence-corrected chi connectivity index (χ2v) is 6.28. The molecule has 0 fully saturated rings. The zero-order chi connectivity index (χ0) is 17.8. The maximum absolute atomic E-state index is 5.97. The largest absolute Gasteiger partial charge is 0.493 e. The van der Waals surface area contributed by atoms with Crippen LogP contribution in [0.2, 0.25) is 0 Å². The minimum atomic E-state index is 0. The first-order chi connectivity index (χ1) is 12.7. The molecule has 1 aromatic heterocycles. The smallest absolute Gasteiger partial charge is 0.231 e. The van der Waals surface area contributed by atoms with E-state index < -0.39 is 0 Å². The molecule has 2 aromatic carbocycles. The molecule has 7 heteroatoms. The van der Waals surface area contributed by atoms with Gasteiger partial charge < -0.3 is 23.7 Å². The number of ether oxygens (including phenoxy) is 5. The van der Waals surface area contributed by atoms with E-state index in [0.29, 0.717) is 29.6 Å². The Balaban J connectivity index is 0.00000180. The van der Waals surface area contributed by atoms with Crippen LogP contribution in [-0.2, 0) is 6.61 Å². The first-order valence-electron chi connectivity index (χ1n) is 8.31. The molecule has 3 heterocycles. The van der Waals surface area contributed by atoms with Crippen LogP contribution >= 0.6 is 12.4 Å². The van der Waals surface area contributed by atoms with Crippen LogP contribution in [0.15, 0.2) is 24.3 Å². The molecule has 0 saturated carbocycles. The Hall–Kier alpha value is -2.86. The lowest BCUT2D eigenvalue weighted by Crippen LogP contribution is -2.10. The van der Waals surface area contributed by atoms with Gasteiger partial charge in [-0.2, -0.15) is 0 Å². The summed E-state index contributed by atoms with van der Waals surface area (Å²) in [6.07, 6.45) is 0. The van der Waals surface area contributed by atoms with E-state index in [-0.39, 0.29) is 19.2 Å². The van der Waals surface area contributed by atoms with Crippen molar-refractivity contribution in [2.24, 2.45) is 0 Å². The molecule has 0 atom stereocenters. The highest BCUT2D eigenvalue weighted by molar-refractivity contribution is 5.91. The van der Waals surface area contributed by atoms with Crippen molar-refractivity contribution in [3.05, 3.63) is 35.4 Å². The Bertz CT molecular complexity index is 1070. The van der Waals surface area contributed by atoms with Gasteiger partial charge in [-0.3, -0.25) is 0 Å². The molecule has 140 valence electrons. The zero-order valence-corrected chi connectivity index (χ0v) is 15.9. The third-order valence-corrected chi connectivity index (χ3v) is 4.98. The number of nitrogens with zero attached hydrogens (tertiary/aromatic N) is 1. The lowest BCUT2D eigenvalue weighted by atomic mass is 9.95. The number of aromatic nitrogens is 1. The molecular weight excluding hydrogens is 370 g/mol. The normalized spacial score (nSPS) is 13.3. The Morgan fingerprint density at radius 1 is 0.889 bits per heavy atom. The van der Waals surface area contributed by atoms with Gasteiger partial charge >= 0.3 is 0 Å². The number of pyridine rings is 1. The SMILES string of the molecule is COc1cc2nc3c(c(C)c2cc1OC)COc1cc2c(cc1-3)OCO2.Cl. The Labute approximate surface area is 162 Å². The fourth-order valence-electron chi connectivity index (χ4n) is 3.57. The summed E-state index contributed by atoms with van der Waals surface area (Å²) in [5.41, 5.74) is 4.85. The van der Waals surface area contributed by atoms with E-state index in [1.54, 1.807) is 14.2 Å². The van der Waals surface area contributed by atoms with Crippen LogP contribution in [-0.4, -0.2) is 26.0 Å². The first kappa shape index (κ1) is 17.5. The standard InChI is InChI=1S/C20H17NO5.ClH/c1-10-11-4-16(22-2)17(23-3)6-14(11)21-20-12-5-18-19(26-9-25-18)7-15(12)24-8-13(10)20;/h4-7H,8-9H2,1-3H3;1H. The molecule has 0 saturated heterocycles. The van der Waals surface area contributed by atoms with E-state index in [1.165, 1.54) is 0 Å². The van der Waals surface area contributed by atoms with Crippen molar-refractivity contribution in [1.82, 2.24) is 4.98 Å². The average Bonchev–Trinajstić information content (AvgIpc) is 3.13. The summed E-state index contributed by atoms with van der Waals surface area (Å²) in [5, 5.41) is 1.02. The molecule has 0 aliphatic carbocycles. The summed E-state index contributed by atoms with van der Waals surface area (Å²) in [4.78, 5) is 4.92. The minimum absolute atomic E-state index is 0. The van der Waals surface area contributed by atoms with Gasteiger partial charge in [0.15, 0.2) is 23.0 Å². The highest BCUT2D eigenvalue weighted by Gasteiger charge is 2.27. The quantitative estimate of drug-likeness (QED) is 0.654. The van der Waals surface area contributed by atoms with Crippen molar-refractivity contribution in [2.45, 2.75) is 13.5 Å². The summed E-state index contributed by atoms with van der Waals surface area (Å²) >= 11 is 0. The van der Waals surface area contributed by atoms with E-state index in [2.05, 4.69) is 6.92 Å². The summed E-state index contributed by atoms with van der Waals surface area (Å²) in [7, 11) is 3.26. The van der Waals surface area contributed by atoms with E-state index in [9.17, 15) is 0 Å². The van der Waals surface area contributed by atoms with Crippen molar-refractivity contribution >= 4 is 23.3 Å². The molecule has 6 nitrogen and oxygen atoms in total. The van der Waals surface area contributed by atoms with Crippen LogP contribution in [0.3, 0.4) is 0 Å². The van der Waals surface area contributed by atoms with E-state index in [0.717, 1.165) is 39.0 Å². The molecule has 0 bridgehead atoms. The second kappa shape index (κ2) is 6.39. The molecule has 2 aliphatic rings. The third-order valence-electron chi connectivity index (χ3n) is 4.98. The molecule has 0 radical (unpaired) electrons. The van der Waals surface area contributed by atoms with Crippen molar-refractivity contribution in [1.29, 1.82) is 0 Å². The van der Waals surface area contributed by atoms with Crippen LogP contribution in [0.1, 0.15) is 11.1 Å². The van der Waals surface area contributed by atoms with Crippen LogP contribution in [0.25, 0.3) is 22.2 Å². The molecule has 3 aromatic rings. The Morgan fingerprint density at radius 3 is 2.33 bits per heavy atom. The molecule has 0 spiro atoms. The monoisotopic (exact) mass is 387 g/mol. The number of rotatable bonds is 2. The van der Waals surface area contributed by atoms with Crippen molar-refractivity contribution < 1.29 is 23.7 Å². The van der Waals surface area contributed by atoms with E-state index >= 15 is 0 Å². The molecule has 5 rings (SSSR count). The topological polar surface area (TPSA) is 59.0 Å². The molecular formula is C20H18ClNO5. The fourth-order valence-corrected chi connectivity index (χ4v) is 3.57. The number of benzene rings is 2. The number of aryl methyl sites for hydroxylation is 1. The maximum Gasteiger partial charge on any atom is 0.231 e. The van der Waals surface area contributed by atoms with E-state index in [4.69, 9.17) is 28.7 Å². The van der Waals surface area contributed by atoms with Crippen molar-refractivity contribution in [3.8, 4) is 40.0 Å². The van der Waals surface area contributed by atoms with Gasteiger partial charge in [-0.05, 0) is 24.6 Å². The second-order valence-electron chi connectivity index (χ2n) is 6.28. The summed E-state index contributed by atoms with van der Waals surface area (Å²) in [6.45, 7) is 2.77. The Kier molecular flexibility index (Phi) is 4.15. The first-order valence-corrected chi connectivity index (χ1v) is 8.31. The highest BCUT2D eigenvalue weighted by Crippen LogP contribution is 2.47. The van der Waals surface area contributed by atoms with Crippen molar-refractivity contribution in [2.75, 3.05) is 21.0 Å². The number of hydrogen-bond acceptors (Lipinski definition) is 6. The maximum atomic E-state index is 5.97. The van der Waals surface area contributed by atoms with Gasteiger partial charge in [0.1, 0.15) is 12.4 Å². The van der Waals surface area contributed by atoms with Crippen LogP contribution < -0.4 is 23.7 Å². The molecule has 2 aliphatic heterocycles. The van der Waals surface area contributed by atoms with Gasteiger partial charge in [0.2, 0.25) is 6.79 Å². The predicted octanol–water partition coefficient (Wildman–Crippen LogP) is 4.27. The lowest BCUT2D eigenvalue weighted by molar-refractivity contribution is 0.173. The van der Waals surface area contributed by atoms with Gasteiger partial charge in [-0.15, -0.1) is 12.4 Å². The zero-order valence-electron chi connectivity index (χ0n) is 15.1.